The van der Waals surface area contributed by atoms with Gasteiger partial charge in [-0.05, 0) is 81.5 Å². The number of carbonyl (C=O) groups excluding carboxylic acids is 1. The SMILES string of the molecule is Cc1ccc(-c2cc(CNC(=O)[C@@H]3CCCN3S(=O)(=O)c3ccc(F)cc3)cc(N3CCCC3C)n2)cc1. The molecule has 0 spiro atoms. The zero-order valence-electron chi connectivity index (χ0n) is 21.7. The van der Waals surface area contributed by atoms with E-state index < -0.39 is 21.9 Å². The third-order valence-electron chi connectivity index (χ3n) is 7.46. The van der Waals surface area contributed by atoms with Crippen LogP contribution < -0.4 is 10.2 Å². The fourth-order valence-electron chi connectivity index (χ4n) is 5.30. The fraction of sp³-hybridized carbons (Fsp3) is 0.379. The number of pyridine rings is 1. The lowest BCUT2D eigenvalue weighted by atomic mass is 10.1. The summed E-state index contributed by atoms with van der Waals surface area (Å²) in [5.41, 5.74) is 3.92. The number of anilines is 1. The average Bonchev–Trinajstić information content (AvgIpc) is 3.58. The highest BCUT2D eigenvalue weighted by atomic mass is 32.2. The molecule has 1 unspecified atom stereocenters. The molecule has 2 fully saturated rings. The van der Waals surface area contributed by atoms with Crippen LogP contribution in [0.5, 0.6) is 0 Å². The molecule has 0 bridgehead atoms. The minimum absolute atomic E-state index is 0.0140. The van der Waals surface area contributed by atoms with Gasteiger partial charge in [-0.1, -0.05) is 29.8 Å². The van der Waals surface area contributed by atoms with E-state index in [-0.39, 0.29) is 23.9 Å². The van der Waals surface area contributed by atoms with Crippen molar-refractivity contribution >= 4 is 21.7 Å². The number of benzene rings is 2. The van der Waals surface area contributed by atoms with Crippen molar-refractivity contribution in [1.82, 2.24) is 14.6 Å². The molecule has 1 N–H and O–H groups in total. The van der Waals surface area contributed by atoms with Gasteiger partial charge in [0.1, 0.15) is 17.7 Å². The normalized spacial score (nSPS) is 20.1. The maximum absolute atomic E-state index is 13.3. The number of sulfonamides is 1. The van der Waals surface area contributed by atoms with Crippen molar-refractivity contribution in [3.05, 3.63) is 77.6 Å². The Labute approximate surface area is 223 Å². The van der Waals surface area contributed by atoms with E-state index in [1.165, 1.54) is 22.0 Å². The molecule has 0 saturated carbocycles. The summed E-state index contributed by atoms with van der Waals surface area (Å²) in [6.45, 7) is 5.70. The largest absolute Gasteiger partial charge is 0.354 e. The van der Waals surface area contributed by atoms with E-state index >= 15 is 0 Å². The van der Waals surface area contributed by atoms with Gasteiger partial charge in [-0.25, -0.2) is 17.8 Å². The zero-order valence-corrected chi connectivity index (χ0v) is 22.5. The summed E-state index contributed by atoms with van der Waals surface area (Å²) < 4.78 is 41.0. The zero-order chi connectivity index (χ0) is 26.9. The molecule has 3 aromatic rings. The smallest absolute Gasteiger partial charge is 0.243 e. The average molecular weight is 537 g/mol. The highest BCUT2D eigenvalue weighted by molar-refractivity contribution is 7.89. The van der Waals surface area contributed by atoms with Crippen molar-refractivity contribution in [2.75, 3.05) is 18.0 Å². The highest BCUT2D eigenvalue weighted by Crippen LogP contribution is 2.29. The first kappa shape index (κ1) is 26.3. The summed E-state index contributed by atoms with van der Waals surface area (Å²) in [5, 5.41) is 2.97. The minimum Gasteiger partial charge on any atom is -0.354 e. The van der Waals surface area contributed by atoms with Crippen molar-refractivity contribution in [3.63, 3.8) is 0 Å². The number of aryl methyl sites for hydroxylation is 1. The lowest BCUT2D eigenvalue weighted by Gasteiger charge is -2.25. The maximum Gasteiger partial charge on any atom is 0.243 e. The number of amides is 1. The molecule has 1 aromatic heterocycles. The van der Waals surface area contributed by atoms with E-state index in [0.29, 0.717) is 18.9 Å². The van der Waals surface area contributed by atoms with Crippen LogP contribution in [0.1, 0.15) is 43.7 Å². The Morgan fingerprint density at radius 3 is 2.42 bits per heavy atom. The van der Waals surface area contributed by atoms with Crippen molar-refractivity contribution in [3.8, 4) is 11.3 Å². The lowest BCUT2D eigenvalue weighted by molar-refractivity contribution is -0.124. The lowest BCUT2D eigenvalue weighted by Crippen LogP contribution is -2.45. The quantitative estimate of drug-likeness (QED) is 0.475. The molecule has 200 valence electrons. The standard InChI is InChI=1S/C29H33FN4O3S/c1-20-7-9-23(10-8-20)26-17-22(18-28(32-26)33-15-3-5-21(33)2)19-31-29(35)27-6-4-16-34(27)38(36,37)25-13-11-24(30)12-14-25/h7-14,17-18,21,27H,3-6,15-16,19H2,1-2H3,(H,31,35)/t21?,27-/m0/s1. The summed E-state index contributed by atoms with van der Waals surface area (Å²) >= 11 is 0. The molecular weight excluding hydrogens is 503 g/mol. The molecule has 1 amide bonds. The van der Waals surface area contributed by atoms with E-state index in [9.17, 15) is 17.6 Å². The van der Waals surface area contributed by atoms with E-state index in [0.717, 1.165) is 54.2 Å². The molecule has 2 aliphatic rings. The van der Waals surface area contributed by atoms with E-state index in [1.807, 2.05) is 31.2 Å². The van der Waals surface area contributed by atoms with Crippen LogP contribution in [0, 0.1) is 12.7 Å². The summed E-state index contributed by atoms with van der Waals surface area (Å²) in [7, 11) is -3.91. The fourth-order valence-corrected chi connectivity index (χ4v) is 6.96. The maximum atomic E-state index is 13.3. The molecule has 2 atom stereocenters. The number of halogens is 1. The predicted octanol–water partition coefficient (Wildman–Crippen LogP) is 4.65. The number of nitrogens with one attached hydrogen (secondary N) is 1. The first-order valence-electron chi connectivity index (χ1n) is 13.1. The number of rotatable bonds is 7. The van der Waals surface area contributed by atoms with E-state index in [1.54, 1.807) is 0 Å². The van der Waals surface area contributed by atoms with Crippen molar-refractivity contribution < 1.29 is 17.6 Å². The van der Waals surface area contributed by atoms with Gasteiger partial charge in [0.15, 0.2) is 0 Å². The van der Waals surface area contributed by atoms with Gasteiger partial charge in [0, 0.05) is 31.2 Å². The molecular formula is C29H33FN4O3S. The number of hydrogen-bond acceptors (Lipinski definition) is 5. The number of nitrogens with zero attached hydrogens (tertiary/aromatic N) is 3. The van der Waals surface area contributed by atoms with Crippen LogP contribution in [-0.2, 0) is 21.4 Å². The summed E-state index contributed by atoms with van der Waals surface area (Å²) in [4.78, 5) is 20.5. The first-order chi connectivity index (χ1) is 18.2. The van der Waals surface area contributed by atoms with Gasteiger partial charge in [0.25, 0.3) is 0 Å². The summed E-state index contributed by atoms with van der Waals surface area (Å²) in [5.74, 6) is 0.0430. The van der Waals surface area contributed by atoms with Crippen LogP contribution >= 0.6 is 0 Å². The van der Waals surface area contributed by atoms with Gasteiger partial charge in [0.2, 0.25) is 15.9 Å². The van der Waals surface area contributed by atoms with Gasteiger partial charge >= 0.3 is 0 Å². The van der Waals surface area contributed by atoms with Crippen LogP contribution in [0.2, 0.25) is 0 Å². The second kappa shape index (κ2) is 10.8. The monoisotopic (exact) mass is 536 g/mol. The third-order valence-corrected chi connectivity index (χ3v) is 9.38. The summed E-state index contributed by atoms with van der Waals surface area (Å²) in [6.07, 6.45) is 3.25. The van der Waals surface area contributed by atoms with Crippen molar-refractivity contribution in [1.29, 1.82) is 0 Å². The van der Waals surface area contributed by atoms with Gasteiger partial charge in [-0.15, -0.1) is 0 Å². The molecule has 7 nitrogen and oxygen atoms in total. The molecule has 2 saturated heterocycles. The first-order valence-corrected chi connectivity index (χ1v) is 14.6. The van der Waals surface area contributed by atoms with Crippen LogP contribution in [0.3, 0.4) is 0 Å². The number of carbonyl (C=O) groups is 1. The topological polar surface area (TPSA) is 82.6 Å². The second-order valence-electron chi connectivity index (χ2n) is 10.2. The Balaban J connectivity index is 1.36. The molecule has 9 heteroatoms. The Morgan fingerprint density at radius 1 is 1.03 bits per heavy atom. The van der Waals surface area contributed by atoms with Crippen LogP contribution in [-0.4, -0.2) is 48.8 Å². The van der Waals surface area contributed by atoms with E-state index in [2.05, 4.69) is 29.3 Å². The van der Waals surface area contributed by atoms with Gasteiger partial charge < -0.3 is 10.2 Å². The Hall–Kier alpha value is -3.30. The predicted molar refractivity (Wildman–Crippen MR) is 146 cm³/mol. The molecule has 38 heavy (non-hydrogen) atoms. The number of hydrogen-bond donors (Lipinski definition) is 1. The molecule has 3 heterocycles. The van der Waals surface area contributed by atoms with Gasteiger partial charge in [-0.3, -0.25) is 4.79 Å². The van der Waals surface area contributed by atoms with Crippen LogP contribution in [0.25, 0.3) is 11.3 Å². The molecule has 5 rings (SSSR count). The van der Waals surface area contributed by atoms with Crippen LogP contribution in [0.15, 0.2) is 65.6 Å². The Kier molecular flexibility index (Phi) is 7.49. The molecule has 0 aliphatic carbocycles. The van der Waals surface area contributed by atoms with Crippen LogP contribution in [0.4, 0.5) is 10.2 Å². The molecule has 0 radical (unpaired) electrons. The number of aromatic nitrogens is 1. The highest BCUT2D eigenvalue weighted by Gasteiger charge is 2.39. The van der Waals surface area contributed by atoms with Gasteiger partial charge in [-0.2, -0.15) is 4.31 Å². The van der Waals surface area contributed by atoms with Gasteiger partial charge in [0.05, 0.1) is 10.6 Å². The third kappa shape index (κ3) is 5.44. The van der Waals surface area contributed by atoms with E-state index in [4.69, 9.17) is 4.98 Å². The molecule has 2 aliphatic heterocycles. The minimum atomic E-state index is -3.91. The van der Waals surface area contributed by atoms with Crippen molar-refractivity contribution in [2.45, 2.75) is 63.1 Å². The Bertz CT molecular complexity index is 1410. The second-order valence-corrected chi connectivity index (χ2v) is 12.1. The molecule has 2 aromatic carbocycles. The Morgan fingerprint density at radius 2 is 1.74 bits per heavy atom. The summed E-state index contributed by atoms with van der Waals surface area (Å²) in [6, 6.07) is 16.5. The van der Waals surface area contributed by atoms with Crippen molar-refractivity contribution in [2.24, 2.45) is 0 Å².